The number of hydrogen-bond acceptors (Lipinski definition) is 5. The van der Waals surface area contributed by atoms with Gasteiger partial charge < -0.3 is 5.73 Å². The summed E-state index contributed by atoms with van der Waals surface area (Å²) in [6.45, 7) is 5.82. The number of nitrogens with two attached hydrogens (primary N) is 1. The van der Waals surface area contributed by atoms with Gasteiger partial charge in [-0.15, -0.1) is 0 Å². The molecule has 0 spiro atoms. The number of nitrogens with zero attached hydrogens (tertiary/aromatic N) is 4. The molecule has 4 rings (SSSR count). The van der Waals surface area contributed by atoms with Crippen molar-refractivity contribution in [3.8, 4) is 11.1 Å². The molecule has 0 radical (unpaired) electrons. The molecule has 1 aromatic carbocycles. The fourth-order valence-electron chi connectivity index (χ4n) is 3.53. The zero-order valence-electron chi connectivity index (χ0n) is 15.9. The molecule has 3 aromatic rings. The summed E-state index contributed by atoms with van der Waals surface area (Å²) < 4.78 is 0. The van der Waals surface area contributed by atoms with Crippen molar-refractivity contribution in [2.24, 2.45) is 15.7 Å². The Morgan fingerprint density at radius 2 is 1.61 bits per heavy atom. The SMILES string of the molecule is CC1=NC(c2cccc(-c3cncc(Cl)c3)c2)(c2cc(C)nc(C)c2)N=C1N. The van der Waals surface area contributed by atoms with Gasteiger partial charge in [0.2, 0.25) is 5.66 Å². The molecule has 2 aromatic heterocycles. The molecule has 1 unspecified atom stereocenters. The Morgan fingerprint density at radius 3 is 2.25 bits per heavy atom. The third-order valence-corrected chi connectivity index (χ3v) is 4.98. The average Bonchev–Trinajstić information content (AvgIpc) is 2.97. The van der Waals surface area contributed by atoms with E-state index in [4.69, 9.17) is 27.3 Å². The van der Waals surface area contributed by atoms with E-state index in [9.17, 15) is 0 Å². The van der Waals surface area contributed by atoms with Crippen molar-refractivity contribution in [2.45, 2.75) is 26.4 Å². The highest BCUT2D eigenvalue weighted by Gasteiger charge is 2.38. The lowest BCUT2D eigenvalue weighted by molar-refractivity contribution is 0.585. The topological polar surface area (TPSA) is 76.5 Å². The minimum Gasteiger partial charge on any atom is -0.382 e. The van der Waals surface area contributed by atoms with Crippen LogP contribution in [0.3, 0.4) is 0 Å². The second-order valence-corrected chi connectivity index (χ2v) is 7.41. The first-order chi connectivity index (χ1) is 13.4. The lowest BCUT2D eigenvalue weighted by atomic mass is 9.90. The van der Waals surface area contributed by atoms with Crippen LogP contribution in [0.5, 0.6) is 0 Å². The van der Waals surface area contributed by atoms with E-state index in [1.54, 1.807) is 12.4 Å². The highest BCUT2D eigenvalue weighted by molar-refractivity contribution is 6.41. The van der Waals surface area contributed by atoms with Crippen molar-refractivity contribution in [3.05, 3.63) is 82.4 Å². The van der Waals surface area contributed by atoms with Gasteiger partial charge in [-0.25, -0.2) is 9.98 Å². The van der Waals surface area contributed by atoms with Crippen LogP contribution in [0.15, 0.2) is 64.8 Å². The van der Waals surface area contributed by atoms with Gasteiger partial charge in [0.1, 0.15) is 5.84 Å². The lowest BCUT2D eigenvalue weighted by Crippen LogP contribution is -2.23. The number of benzene rings is 1. The summed E-state index contributed by atoms with van der Waals surface area (Å²) in [5, 5.41) is 0.593. The summed E-state index contributed by atoms with van der Waals surface area (Å²) in [5.74, 6) is 0.446. The van der Waals surface area contributed by atoms with Crippen molar-refractivity contribution in [1.29, 1.82) is 0 Å². The first-order valence-corrected chi connectivity index (χ1v) is 9.34. The van der Waals surface area contributed by atoms with E-state index >= 15 is 0 Å². The predicted molar refractivity (Wildman–Crippen MR) is 114 cm³/mol. The molecule has 1 aliphatic heterocycles. The Bertz CT molecular complexity index is 1100. The molecule has 0 saturated heterocycles. The summed E-state index contributed by atoms with van der Waals surface area (Å²) in [5.41, 5.74) is 11.6. The molecular weight excluding hydrogens is 370 g/mol. The lowest BCUT2D eigenvalue weighted by Gasteiger charge is -2.25. The average molecular weight is 390 g/mol. The van der Waals surface area contributed by atoms with Crippen molar-refractivity contribution < 1.29 is 0 Å². The number of hydrogen-bond donors (Lipinski definition) is 1. The molecule has 140 valence electrons. The monoisotopic (exact) mass is 389 g/mol. The minimum atomic E-state index is -0.922. The zero-order valence-corrected chi connectivity index (χ0v) is 16.7. The molecule has 0 amide bonds. The smallest absolute Gasteiger partial charge is 0.204 e. The Morgan fingerprint density at radius 1 is 0.857 bits per heavy atom. The summed E-state index contributed by atoms with van der Waals surface area (Å²) in [6, 6.07) is 14.0. The molecule has 5 nitrogen and oxygen atoms in total. The van der Waals surface area contributed by atoms with Crippen molar-refractivity contribution in [3.63, 3.8) is 0 Å². The second kappa shape index (κ2) is 6.84. The van der Waals surface area contributed by atoms with E-state index in [0.717, 1.165) is 39.4 Å². The molecule has 28 heavy (non-hydrogen) atoms. The maximum atomic E-state index is 6.15. The molecule has 0 aliphatic carbocycles. The molecule has 0 saturated carbocycles. The van der Waals surface area contributed by atoms with Crippen LogP contribution < -0.4 is 5.73 Å². The van der Waals surface area contributed by atoms with Gasteiger partial charge in [0.15, 0.2) is 0 Å². The molecular formula is C22H20ClN5. The predicted octanol–water partition coefficient (Wildman–Crippen LogP) is 4.45. The van der Waals surface area contributed by atoms with Crippen molar-refractivity contribution >= 4 is 23.1 Å². The Labute approximate surface area is 169 Å². The number of rotatable bonds is 3. The first-order valence-electron chi connectivity index (χ1n) is 8.97. The van der Waals surface area contributed by atoms with Crippen LogP contribution in [0.4, 0.5) is 0 Å². The summed E-state index contributed by atoms with van der Waals surface area (Å²) in [6.07, 6.45) is 3.41. The Kier molecular flexibility index (Phi) is 4.47. The van der Waals surface area contributed by atoms with Gasteiger partial charge >= 0.3 is 0 Å². The van der Waals surface area contributed by atoms with Gasteiger partial charge in [-0.05, 0) is 50.6 Å². The van der Waals surface area contributed by atoms with Crippen molar-refractivity contribution in [1.82, 2.24) is 9.97 Å². The Balaban J connectivity index is 1.94. The van der Waals surface area contributed by atoms with E-state index < -0.39 is 5.66 Å². The standard InChI is InChI=1S/C22H20ClN5/c1-13-7-19(8-14(2)26-13)22(27-15(3)21(24)28-22)18-6-4-5-16(9-18)17-10-20(23)12-25-11-17/h4-12H,1-3H3,(H2,24,28). The normalized spacial score (nSPS) is 18.7. The number of aryl methyl sites for hydroxylation is 2. The van der Waals surface area contributed by atoms with Crippen LogP contribution >= 0.6 is 11.6 Å². The Hall–Kier alpha value is -3.05. The van der Waals surface area contributed by atoms with Gasteiger partial charge in [-0.1, -0.05) is 29.8 Å². The fraction of sp³-hybridized carbons (Fsp3) is 0.182. The van der Waals surface area contributed by atoms with Crippen LogP contribution in [0.1, 0.15) is 29.4 Å². The molecule has 1 aliphatic rings. The highest BCUT2D eigenvalue weighted by atomic mass is 35.5. The fourth-order valence-corrected chi connectivity index (χ4v) is 3.70. The molecule has 6 heteroatoms. The highest BCUT2D eigenvalue weighted by Crippen LogP contribution is 2.40. The molecule has 0 fully saturated rings. The third kappa shape index (κ3) is 3.18. The molecule has 1 atom stereocenters. The van der Waals surface area contributed by atoms with Crippen molar-refractivity contribution in [2.75, 3.05) is 0 Å². The van der Waals surface area contributed by atoms with Gasteiger partial charge in [-0.3, -0.25) is 9.97 Å². The second-order valence-electron chi connectivity index (χ2n) is 6.98. The van der Waals surface area contributed by atoms with Crippen LogP contribution in [-0.4, -0.2) is 21.5 Å². The van der Waals surface area contributed by atoms with Gasteiger partial charge in [-0.2, -0.15) is 0 Å². The van der Waals surface area contributed by atoms with Crippen LogP contribution in [-0.2, 0) is 5.66 Å². The van der Waals surface area contributed by atoms with Gasteiger partial charge in [0.05, 0.1) is 10.7 Å². The minimum absolute atomic E-state index is 0.446. The van der Waals surface area contributed by atoms with E-state index in [-0.39, 0.29) is 0 Å². The summed E-state index contributed by atoms with van der Waals surface area (Å²) in [7, 11) is 0. The van der Waals surface area contributed by atoms with Crippen LogP contribution in [0, 0.1) is 13.8 Å². The van der Waals surface area contributed by atoms with Gasteiger partial charge in [0, 0.05) is 40.5 Å². The third-order valence-electron chi connectivity index (χ3n) is 4.77. The summed E-state index contributed by atoms with van der Waals surface area (Å²) in [4.78, 5) is 18.4. The summed E-state index contributed by atoms with van der Waals surface area (Å²) >= 11 is 6.13. The quantitative estimate of drug-likeness (QED) is 0.719. The maximum absolute atomic E-state index is 6.15. The first kappa shape index (κ1) is 18.3. The van der Waals surface area contributed by atoms with E-state index in [1.807, 2.05) is 57.2 Å². The van der Waals surface area contributed by atoms with Crippen LogP contribution in [0.25, 0.3) is 11.1 Å². The molecule has 0 bridgehead atoms. The van der Waals surface area contributed by atoms with E-state index in [2.05, 4.69) is 16.0 Å². The number of halogens is 1. The largest absolute Gasteiger partial charge is 0.382 e. The number of aliphatic imine (C=N–C) groups is 2. The zero-order chi connectivity index (χ0) is 19.9. The number of aromatic nitrogens is 2. The molecule has 2 N–H and O–H groups in total. The molecule has 3 heterocycles. The number of pyridine rings is 2. The maximum Gasteiger partial charge on any atom is 0.204 e. The van der Waals surface area contributed by atoms with Gasteiger partial charge in [0.25, 0.3) is 0 Å². The van der Waals surface area contributed by atoms with Crippen LogP contribution in [0.2, 0.25) is 5.02 Å². The number of amidine groups is 1. The van der Waals surface area contributed by atoms with E-state index in [1.165, 1.54) is 0 Å². The van der Waals surface area contributed by atoms with E-state index in [0.29, 0.717) is 10.9 Å².